The summed E-state index contributed by atoms with van der Waals surface area (Å²) in [6.45, 7) is 1.68. The SMILES string of the molecule is COC(=O)C1=C(C(C)=O)NN(c2ccc(OC)cc2)C1. The van der Waals surface area contributed by atoms with Crippen LogP contribution in [0.5, 0.6) is 5.75 Å². The number of methoxy groups -OCH3 is 2. The van der Waals surface area contributed by atoms with Crippen LogP contribution in [0.25, 0.3) is 0 Å². The van der Waals surface area contributed by atoms with E-state index in [1.165, 1.54) is 14.0 Å². The molecule has 106 valence electrons. The number of carbonyl (C=O) groups excluding carboxylic acids is 2. The number of hydrogen-bond acceptors (Lipinski definition) is 6. The Morgan fingerprint density at radius 2 is 1.85 bits per heavy atom. The summed E-state index contributed by atoms with van der Waals surface area (Å²) in [5.41, 5.74) is 4.35. The quantitative estimate of drug-likeness (QED) is 0.829. The van der Waals surface area contributed by atoms with Gasteiger partial charge in [0.15, 0.2) is 5.78 Å². The maximum Gasteiger partial charge on any atom is 0.337 e. The van der Waals surface area contributed by atoms with Crippen molar-refractivity contribution in [2.45, 2.75) is 6.92 Å². The van der Waals surface area contributed by atoms with E-state index in [4.69, 9.17) is 9.47 Å². The van der Waals surface area contributed by atoms with Crippen LogP contribution < -0.4 is 15.2 Å². The van der Waals surface area contributed by atoms with Gasteiger partial charge >= 0.3 is 5.97 Å². The van der Waals surface area contributed by atoms with E-state index in [2.05, 4.69) is 5.43 Å². The smallest absolute Gasteiger partial charge is 0.337 e. The Morgan fingerprint density at radius 1 is 1.20 bits per heavy atom. The molecule has 0 amide bonds. The maximum absolute atomic E-state index is 11.7. The van der Waals surface area contributed by atoms with Crippen LogP contribution in [0, 0.1) is 0 Å². The third-order valence-electron chi connectivity index (χ3n) is 3.03. The predicted octanol–water partition coefficient (Wildman–Crippen LogP) is 1.04. The van der Waals surface area contributed by atoms with Gasteiger partial charge in [0.2, 0.25) is 0 Å². The molecular formula is C14H16N2O4. The fourth-order valence-electron chi connectivity index (χ4n) is 1.98. The molecule has 1 aliphatic heterocycles. The van der Waals surface area contributed by atoms with E-state index in [9.17, 15) is 9.59 Å². The molecule has 0 aromatic heterocycles. The third kappa shape index (κ3) is 2.59. The second-order valence-corrected chi connectivity index (χ2v) is 4.30. The zero-order valence-electron chi connectivity index (χ0n) is 11.6. The molecule has 1 aromatic rings. The molecule has 0 fully saturated rings. The molecule has 20 heavy (non-hydrogen) atoms. The maximum atomic E-state index is 11.7. The molecule has 2 rings (SSSR count). The first-order valence-corrected chi connectivity index (χ1v) is 6.07. The number of carbonyl (C=O) groups is 2. The molecule has 1 N–H and O–H groups in total. The highest BCUT2D eigenvalue weighted by molar-refractivity contribution is 6.04. The standard InChI is InChI=1S/C14H16N2O4/c1-9(17)13-12(14(18)20-3)8-16(15-13)10-4-6-11(19-2)7-5-10/h4-7,15H,8H2,1-3H3. The molecule has 0 spiro atoms. The highest BCUT2D eigenvalue weighted by Gasteiger charge is 2.29. The summed E-state index contributed by atoms with van der Waals surface area (Å²) < 4.78 is 9.79. The van der Waals surface area contributed by atoms with E-state index >= 15 is 0 Å². The number of ether oxygens (including phenoxy) is 2. The number of allylic oxidation sites excluding steroid dienone is 1. The summed E-state index contributed by atoms with van der Waals surface area (Å²) in [7, 11) is 2.89. The number of hydrogen-bond donors (Lipinski definition) is 1. The van der Waals surface area contributed by atoms with Crippen molar-refractivity contribution in [3.63, 3.8) is 0 Å². The van der Waals surface area contributed by atoms with E-state index in [1.54, 1.807) is 24.3 Å². The number of hydrazine groups is 1. The van der Waals surface area contributed by atoms with Crippen molar-refractivity contribution in [3.8, 4) is 5.75 Å². The highest BCUT2D eigenvalue weighted by Crippen LogP contribution is 2.24. The number of rotatable bonds is 4. The van der Waals surface area contributed by atoms with Crippen LogP contribution in [0.15, 0.2) is 35.5 Å². The Kier molecular flexibility index (Phi) is 3.93. The van der Waals surface area contributed by atoms with Gasteiger partial charge in [0.1, 0.15) is 11.4 Å². The summed E-state index contributed by atoms with van der Waals surface area (Å²) in [6.07, 6.45) is 0. The lowest BCUT2D eigenvalue weighted by molar-refractivity contribution is -0.136. The van der Waals surface area contributed by atoms with Crippen LogP contribution in [0.4, 0.5) is 5.69 Å². The fourth-order valence-corrected chi connectivity index (χ4v) is 1.98. The Labute approximate surface area is 116 Å². The first-order chi connectivity index (χ1) is 9.56. The summed E-state index contributed by atoms with van der Waals surface area (Å²) in [5.74, 6) is 0.0287. The van der Waals surface area contributed by atoms with Crippen LogP contribution in [0.3, 0.4) is 0 Å². The number of nitrogens with one attached hydrogen (secondary N) is 1. The van der Waals surface area contributed by atoms with Crippen LogP contribution in [0.2, 0.25) is 0 Å². The molecule has 0 aliphatic carbocycles. The zero-order valence-corrected chi connectivity index (χ0v) is 11.6. The molecule has 1 aliphatic rings. The summed E-state index contributed by atoms with van der Waals surface area (Å²) in [4.78, 5) is 23.3. The minimum Gasteiger partial charge on any atom is -0.497 e. The molecule has 0 atom stereocenters. The van der Waals surface area contributed by atoms with Gasteiger partial charge < -0.3 is 9.47 Å². The molecule has 0 saturated heterocycles. The largest absolute Gasteiger partial charge is 0.497 e. The van der Waals surface area contributed by atoms with Crippen molar-refractivity contribution >= 4 is 17.4 Å². The average molecular weight is 276 g/mol. The van der Waals surface area contributed by atoms with E-state index in [0.29, 0.717) is 5.57 Å². The molecular weight excluding hydrogens is 260 g/mol. The normalized spacial score (nSPS) is 14.1. The zero-order chi connectivity index (χ0) is 14.7. The monoisotopic (exact) mass is 276 g/mol. The summed E-state index contributed by atoms with van der Waals surface area (Å²) in [6, 6.07) is 7.29. The van der Waals surface area contributed by atoms with Gasteiger partial charge in [-0.1, -0.05) is 0 Å². The molecule has 1 aromatic carbocycles. The molecule has 6 nitrogen and oxygen atoms in total. The minimum atomic E-state index is -0.501. The topological polar surface area (TPSA) is 67.9 Å². The van der Waals surface area contributed by atoms with Crippen LogP contribution in [-0.2, 0) is 14.3 Å². The van der Waals surface area contributed by atoms with Crippen LogP contribution in [-0.4, -0.2) is 32.5 Å². The molecule has 0 bridgehead atoms. The Morgan fingerprint density at radius 3 is 2.35 bits per heavy atom. The first kappa shape index (κ1) is 13.9. The Balaban J connectivity index is 2.22. The lowest BCUT2D eigenvalue weighted by Gasteiger charge is -2.20. The van der Waals surface area contributed by atoms with Gasteiger partial charge in [-0.3, -0.25) is 15.2 Å². The van der Waals surface area contributed by atoms with Gasteiger partial charge in [-0.15, -0.1) is 0 Å². The molecule has 0 radical (unpaired) electrons. The summed E-state index contributed by atoms with van der Waals surface area (Å²) >= 11 is 0. The van der Waals surface area contributed by atoms with E-state index in [-0.39, 0.29) is 18.0 Å². The molecule has 0 unspecified atom stereocenters. The van der Waals surface area contributed by atoms with E-state index in [0.717, 1.165) is 11.4 Å². The van der Waals surface area contributed by atoms with Gasteiger partial charge in [0, 0.05) is 6.92 Å². The number of nitrogens with zero attached hydrogens (tertiary/aromatic N) is 1. The lowest BCUT2D eigenvalue weighted by Crippen LogP contribution is -2.33. The highest BCUT2D eigenvalue weighted by atomic mass is 16.5. The number of anilines is 1. The van der Waals surface area contributed by atoms with Gasteiger partial charge in [-0.25, -0.2) is 4.79 Å². The van der Waals surface area contributed by atoms with Crippen molar-refractivity contribution in [2.24, 2.45) is 0 Å². The number of esters is 1. The lowest BCUT2D eigenvalue weighted by atomic mass is 10.2. The molecule has 1 heterocycles. The molecule has 6 heteroatoms. The predicted molar refractivity (Wildman–Crippen MR) is 73.2 cm³/mol. The third-order valence-corrected chi connectivity index (χ3v) is 3.03. The van der Waals surface area contributed by atoms with Gasteiger partial charge in [0.05, 0.1) is 32.0 Å². The average Bonchev–Trinajstić information content (AvgIpc) is 2.92. The Hall–Kier alpha value is -2.50. The van der Waals surface area contributed by atoms with Crippen molar-refractivity contribution < 1.29 is 19.1 Å². The van der Waals surface area contributed by atoms with Gasteiger partial charge in [-0.2, -0.15) is 0 Å². The van der Waals surface area contributed by atoms with Crippen molar-refractivity contribution in [1.29, 1.82) is 0 Å². The van der Waals surface area contributed by atoms with Crippen molar-refractivity contribution in [1.82, 2.24) is 5.43 Å². The van der Waals surface area contributed by atoms with E-state index < -0.39 is 5.97 Å². The van der Waals surface area contributed by atoms with Crippen LogP contribution >= 0.6 is 0 Å². The first-order valence-electron chi connectivity index (χ1n) is 6.07. The van der Waals surface area contributed by atoms with Crippen molar-refractivity contribution in [3.05, 3.63) is 35.5 Å². The van der Waals surface area contributed by atoms with Gasteiger partial charge in [-0.05, 0) is 24.3 Å². The van der Waals surface area contributed by atoms with Gasteiger partial charge in [0.25, 0.3) is 0 Å². The van der Waals surface area contributed by atoms with E-state index in [1.807, 2.05) is 12.1 Å². The second kappa shape index (κ2) is 5.64. The van der Waals surface area contributed by atoms with Crippen molar-refractivity contribution in [2.75, 3.05) is 25.8 Å². The number of ketones is 1. The molecule has 0 saturated carbocycles. The van der Waals surface area contributed by atoms with Crippen LogP contribution in [0.1, 0.15) is 6.92 Å². The second-order valence-electron chi connectivity index (χ2n) is 4.30. The Bertz CT molecular complexity index is 563. The number of benzene rings is 1. The summed E-state index contributed by atoms with van der Waals surface area (Å²) in [5, 5.41) is 1.71. The minimum absolute atomic E-state index is 0.207. The number of Topliss-reactive ketones (excluding diaryl/α,β-unsaturated/α-hetero) is 1. The fraction of sp³-hybridized carbons (Fsp3) is 0.286.